The summed E-state index contributed by atoms with van der Waals surface area (Å²) in [5.41, 5.74) is -0.928. The standard InChI is InChI=1S/C9H10F2N2O4/c1-13-4-6(7(12-13)8(10)11)9(15)17-3-2-16-5-14/h4-5,8H,2-3H2,1H3. The van der Waals surface area contributed by atoms with Gasteiger partial charge >= 0.3 is 5.97 Å². The first-order valence-corrected chi connectivity index (χ1v) is 4.60. The Morgan fingerprint density at radius 2 is 2.29 bits per heavy atom. The summed E-state index contributed by atoms with van der Waals surface area (Å²) in [4.78, 5) is 21.2. The first-order chi connectivity index (χ1) is 8.06. The van der Waals surface area contributed by atoms with E-state index < -0.39 is 18.1 Å². The van der Waals surface area contributed by atoms with E-state index >= 15 is 0 Å². The number of aryl methyl sites for hydroxylation is 1. The molecular weight excluding hydrogens is 238 g/mol. The highest BCUT2D eigenvalue weighted by molar-refractivity contribution is 5.90. The van der Waals surface area contributed by atoms with Crippen LogP contribution in [0.4, 0.5) is 8.78 Å². The molecule has 0 saturated heterocycles. The van der Waals surface area contributed by atoms with Crippen molar-refractivity contribution < 1.29 is 27.8 Å². The van der Waals surface area contributed by atoms with Gasteiger partial charge in [-0.05, 0) is 0 Å². The summed E-state index contributed by atoms with van der Waals surface area (Å²) in [7, 11) is 1.41. The number of hydrogen-bond donors (Lipinski definition) is 0. The van der Waals surface area contributed by atoms with Gasteiger partial charge < -0.3 is 9.47 Å². The molecule has 1 aromatic rings. The molecule has 0 bridgehead atoms. The zero-order chi connectivity index (χ0) is 12.8. The van der Waals surface area contributed by atoms with Crippen molar-refractivity contribution in [3.05, 3.63) is 17.5 Å². The molecule has 0 aliphatic heterocycles. The van der Waals surface area contributed by atoms with Gasteiger partial charge in [-0.25, -0.2) is 13.6 Å². The van der Waals surface area contributed by atoms with Crippen LogP contribution in [0.5, 0.6) is 0 Å². The molecule has 0 aliphatic carbocycles. The molecule has 0 fully saturated rings. The molecule has 94 valence electrons. The molecule has 0 unspecified atom stereocenters. The van der Waals surface area contributed by atoms with Crippen LogP contribution in [0.1, 0.15) is 22.5 Å². The lowest BCUT2D eigenvalue weighted by atomic mass is 10.2. The molecular formula is C9H10F2N2O4. The van der Waals surface area contributed by atoms with Gasteiger partial charge in [0.15, 0.2) is 0 Å². The van der Waals surface area contributed by atoms with Crippen molar-refractivity contribution in [2.24, 2.45) is 7.05 Å². The molecule has 0 atom stereocenters. The van der Waals surface area contributed by atoms with Crippen LogP contribution in [0, 0.1) is 0 Å². The van der Waals surface area contributed by atoms with E-state index in [1.54, 1.807) is 0 Å². The van der Waals surface area contributed by atoms with Crippen molar-refractivity contribution in [1.29, 1.82) is 0 Å². The molecule has 1 aromatic heterocycles. The number of carbonyl (C=O) groups is 2. The van der Waals surface area contributed by atoms with Crippen LogP contribution >= 0.6 is 0 Å². The number of halogens is 2. The number of rotatable bonds is 6. The monoisotopic (exact) mass is 248 g/mol. The maximum absolute atomic E-state index is 12.5. The third-order valence-corrected chi connectivity index (χ3v) is 1.79. The van der Waals surface area contributed by atoms with Gasteiger partial charge in [0.1, 0.15) is 24.5 Å². The lowest BCUT2D eigenvalue weighted by Crippen LogP contribution is -2.11. The highest BCUT2D eigenvalue weighted by Crippen LogP contribution is 2.21. The Kier molecular flexibility index (Phi) is 4.56. The molecule has 8 heteroatoms. The second kappa shape index (κ2) is 5.92. The zero-order valence-corrected chi connectivity index (χ0v) is 8.93. The Bertz CT molecular complexity index is 406. The van der Waals surface area contributed by atoms with Gasteiger partial charge in [0.05, 0.1) is 0 Å². The highest BCUT2D eigenvalue weighted by Gasteiger charge is 2.23. The van der Waals surface area contributed by atoms with E-state index in [1.807, 2.05) is 0 Å². The van der Waals surface area contributed by atoms with Gasteiger partial charge in [-0.15, -0.1) is 0 Å². The minimum absolute atomic E-state index is 0.125. The molecule has 6 nitrogen and oxygen atoms in total. The normalized spacial score (nSPS) is 10.4. The minimum Gasteiger partial charge on any atom is -0.464 e. The van der Waals surface area contributed by atoms with E-state index in [-0.39, 0.29) is 25.2 Å². The summed E-state index contributed by atoms with van der Waals surface area (Å²) < 4.78 is 35.0. The average molecular weight is 248 g/mol. The van der Waals surface area contributed by atoms with Crippen molar-refractivity contribution in [2.75, 3.05) is 13.2 Å². The predicted molar refractivity (Wildman–Crippen MR) is 50.5 cm³/mol. The Labute approximate surface area is 95.1 Å². The summed E-state index contributed by atoms with van der Waals surface area (Å²) in [6.07, 6.45) is -1.71. The highest BCUT2D eigenvalue weighted by atomic mass is 19.3. The van der Waals surface area contributed by atoms with Crippen LogP contribution in [0.2, 0.25) is 0 Å². The number of ether oxygens (including phenoxy) is 2. The summed E-state index contributed by atoms with van der Waals surface area (Å²) in [6, 6.07) is 0. The Morgan fingerprint density at radius 3 is 2.88 bits per heavy atom. The Balaban J connectivity index is 2.64. The third kappa shape index (κ3) is 3.51. The number of esters is 1. The van der Waals surface area contributed by atoms with E-state index in [0.29, 0.717) is 0 Å². The first-order valence-electron chi connectivity index (χ1n) is 4.60. The number of alkyl halides is 2. The van der Waals surface area contributed by atoms with Gasteiger partial charge in [0, 0.05) is 13.2 Å². The molecule has 1 heterocycles. The number of carbonyl (C=O) groups excluding carboxylic acids is 2. The van der Waals surface area contributed by atoms with Crippen molar-refractivity contribution in [1.82, 2.24) is 9.78 Å². The van der Waals surface area contributed by atoms with Gasteiger partial charge in [-0.1, -0.05) is 0 Å². The third-order valence-electron chi connectivity index (χ3n) is 1.79. The van der Waals surface area contributed by atoms with Crippen LogP contribution in [0.25, 0.3) is 0 Å². The predicted octanol–water partition coefficient (Wildman–Crippen LogP) is 0.687. The zero-order valence-electron chi connectivity index (χ0n) is 8.93. The maximum Gasteiger partial charge on any atom is 0.341 e. The van der Waals surface area contributed by atoms with E-state index in [9.17, 15) is 18.4 Å². The quantitative estimate of drug-likeness (QED) is 0.420. The van der Waals surface area contributed by atoms with Gasteiger partial charge in [-0.3, -0.25) is 9.48 Å². The number of hydrogen-bond acceptors (Lipinski definition) is 5. The molecule has 0 aromatic carbocycles. The summed E-state index contributed by atoms with van der Waals surface area (Å²) in [5.74, 6) is -0.928. The molecule has 0 amide bonds. The molecule has 1 rings (SSSR count). The Hall–Kier alpha value is -1.99. The number of nitrogens with zero attached hydrogens (tertiary/aromatic N) is 2. The van der Waals surface area contributed by atoms with Crippen LogP contribution in [0.3, 0.4) is 0 Å². The fourth-order valence-electron chi connectivity index (χ4n) is 1.13. The summed E-state index contributed by atoms with van der Waals surface area (Å²) in [6.45, 7) is -0.128. The largest absolute Gasteiger partial charge is 0.464 e. The molecule has 0 spiro atoms. The van der Waals surface area contributed by atoms with Crippen molar-refractivity contribution in [2.45, 2.75) is 6.43 Å². The second-order valence-electron chi connectivity index (χ2n) is 3.01. The molecule has 0 radical (unpaired) electrons. The molecule has 0 N–H and O–H groups in total. The first kappa shape index (κ1) is 13.1. The maximum atomic E-state index is 12.5. The van der Waals surface area contributed by atoms with E-state index in [0.717, 1.165) is 10.9 Å². The van der Waals surface area contributed by atoms with Crippen LogP contribution in [-0.4, -0.2) is 35.4 Å². The average Bonchev–Trinajstić information content (AvgIpc) is 2.66. The van der Waals surface area contributed by atoms with E-state index in [2.05, 4.69) is 14.6 Å². The van der Waals surface area contributed by atoms with Crippen LogP contribution in [0.15, 0.2) is 6.20 Å². The van der Waals surface area contributed by atoms with E-state index in [4.69, 9.17) is 0 Å². The van der Waals surface area contributed by atoms with E-state index in [1.165, 1.54) is 7.05 Å². The minimum atomic E-state index is -2.86. The van der Waals surface area contributed by atoms with Crippen LogP contribution < -0.4 is 0 Å². The van der Waals surface area contributed by atoms with Gasteiger partial charge in [0.25, 0.3) is 12.9 Å². The fraction of sp³-hybridized carbons (Fsp3) is 0.444. The lowest BCUT2D eigenvalue weighted by Gasteiger charge is -2.03. The van der Waals surface area contributed by atoms with Crippen LogP contribution in [-0.2, 0) is 21.3 Å². The molecule has 0 saturated carbocycles. The summed E-state index contributed by atoms with van der Waals surface area (Å²) >= 11 is 0. The SMILES string of the molecule is Cn1cc(C(=O)OCCOC=O)c(C(F)F)n1. The Morgan fingerprint density at radius 1 is 1.59 bits per heavy atom. The van der Waals surface area contributed by atoms with Crippen molar-refractivity contribution in [3.8, 4) is 0 Å². The van der Waals surface area contributed by atoms with Gasteiger partial charge in [-0.2, -0.15) is 5.10 Å². The van der Waals surface area contributed by atoms with Gasteiger partial charge in [0.2, 0.25) is 0 Å². The topological polar surface area (TPSA) is 70.4 Å². The fourth-order valence-corrected chi connectivity index (χ4v) is 1.13. The lowest BCUT2D eigenvalue weighted by molar-refractivity contribution is -0.129. The molecule has 0 aliphatic rings. The van der Waals surface area contributed by atoms with Crippen molar-refractivity contribution in [3.63, 3.8) is 0 Å². The molecule has 17 heavy (non-hydrogen) atoms. The second-order valence-corrected chi connectivity index (χ2v) is 3.01. The number of aromatic nitrogens is 2. The summed E-state index contributed by atoms with van der Waals surface area (Å²) in [5, 5.41) is 3.45. The smallest absolute Gasteiger partial charge is 0.341 e. The van der Waals surface area contributed by atoms with Crippen molar-refractivity contribution >= 4 is 12.4 Å².